The van der Waals surface area contributed by atoms with Crippen LogP contribution in [0.5, 0.6) is 0 Å². The zero-order chi connectivity index (χ0) is 13.0. The number of rotatable bonds is 3. The Morgan fingerprint density at radius 2 is 1.78 bits per heavy atom. The molecule has 1 aromatic rings. The lowest BCUT2D eigenvalue weighted by molar-refractivity contribution is 0.259. The van der Waals surface area contributed by atoms with Gasteiger partial charge in [-0.2, -0.15) is 0 Å². The standard InChI is InChI=1S/C14H21N3O/c1-10-4-2-3-5-13(10)16-11-6-8-12(9-7-11)17-14(15)18/h6-10,13,16H,2-5H2,1H3,(H3,15,17,18). The maximum Gasteiger partial charge on any atom is 0.316 e. The van der Waals surface area contributed by atoms with Crippen LogP contribution >= 0.6 is 0 Å². The normalized spacial score (nSPS) is 23.4. The third-order valence-corrected chi connectivity index (χ3v) is 3.62. The van der Waals surface area contributed by atoms with Crippen LogP contribution in [0.3, 0.4) is 0 Å². The second-order valence-corrected chi connectivity index (χ2v) is 5.08. The molecule has 18 heavy (non-hydrogen) atoms. The molecule has 2 atom stereocenters. The van der Waals surface area contributed by atoms with Gasteiger partial charge in [-0.05, 0) is 43.0 Å². The second kappa shape index (κ2) is 5.76. The smallest absolute Gasteiger partial charge is 0.316 e. The SMILES string of the molecule is CC1CCCCC1Nc1ccc(NC(N)=O)cc1. The Kier molecular flexibility index (Phi) is 4.07. The zero-order valence-corrected chi connectivity index (χ0v) is 10.8. The number of urea groups is 1. The fourth-order valence-corrected chi connectivity index (χ4v) is 2.54. The van der Waals surface area contributed by atoms with Crippen LogP contribution in [0.25, 0.3) is 0 Å². The fourth-order valence-electron chi connectivity index (χ4n) is 2.54. The second-order valence-electron chi connectivity index (χ2n) is 5.08. The van der Waals surface area contributed by atoms with Crippen molar-refractivity contribution in [2.75, 3.05) is 10.6 Å². The molecular weight excluding hydrogens is 226 g/mol. The van der Waals surface area contributed by atoms with Gasteiger partial charge in [-0.25, -0.2) is 4.79 Å². The van der Waals surface area contributed by atoms with E-state index in [9.17, 15) is 4.79 Å². The zero-order valence-electron chi connectivity index (χ0n) is 10.8. The Labute approximate surface area is 108 Å². The Bertz CT molecular complexity index is 402. The molecule has 1 aliphatic carbocycles. The van der Waals surface area contributed by atoms with Crippen molar-refractivity contribution in [1.82, 2.24) is 0 Å². The molecule has 0 heterocycles. The van der Waals surface area contributed by atoms with Crippen molar-refractivity contribution in [3.8, 4) is 0 Å². The quantitative estimate of drug-likeness (QED) is 0.768. The predicted molar refractivity (Wildman–Crippen MR) is 74.7 cm³/mol. The van der Waals surface area contributed by atoms with Crippen LogP contribution < -0.4 is 16.4 Å². The van der Waals surface area contributed by atoms with Gasteiger partial charge in [-0.1, -0.05) is 19.8 Å². The van der Waals surface area contributed by atoms with Crippen molar-refractivity contribution >= 4 is 17.4 Å². The highest BCUT2D eigenvalue weighted by Gasteiger charge is 2.20. The summed E-state index contributed by atoms with van der Waals surface area (Å²) in [5.74, 6) is 0.724. The molecule has 1 saturated carbocycles. The topological polar surface area (TPSA) is 67.2 Å². The van der Waals surface area contributed by atoms with Gasteiger partial charge in [0.05, 0.1) is 0 Å². The maximum atomic E-state index is 10.7. The van der Waals surface area contributed by atoms with Crippen molar-refractivity contribution in [3.63, 3.8) is 0 Å². The van der Waals surface area contributed by atoms with Crippen molar-refractivity contribution in [2.45, 2.75) is 38.6 Å². The number of amides is 2. The van der Waals surface area contributed by atoms with E-state index in [1.54, 1.807) is 0 Å². The molecule has 1 fully saturated rings. The van der Waals surface area contributed by atoms with Gasteiger partial charge in [0.2, 0.25) is 0 Å². The molecule has 1 aromatic carbocycles. The summed E-state index contributed by atoms with van der Waals surface area (Å²) in [6.07, 6.45) is 5.20. The van der Waals surface area contributed by atoms with Gasteiger partial charge in [0, 0.05) is 17.4 Å². The van der Waals surface area contributed by atoms with E-state index < -0.39 is 6.03 Å². The Morgan fingerprint density at radius 3 is 2.39 bits per heavy atom. The number of benzene rings is 1. The van der Waals surface area contributed by atoms with Gasteiger partial charge >= 0.3 is 6.03 Å². The molecule has 98 valence electrons. The van der Waals surface area contributed by atoms with Crippen molar-refractivity contribution in [1.29, 1.82) is 0 Å². The average molecular weight is 247 g/mol. The minimum atomic E-state index is -0.531. The van der Waals surface area contributed by atoms with E-state index in [4.69, 9.17) is 5.73 Å². The van der Waals surface area contributed by atoms with Crippen LogP contribution in [-0.2, 0) is 0 Å². The van der Waals surface area contributed by atoms with Crippen LogP contribution in [0.4, 0.5) is 16.2 Å². The van der Waals surface area contributed by atoms with Crippen LogP contribution in [0.2, 0.25) is 0 Å². The summed E-state index contributed by atoms with van der Waals surface area (Å²) in [6, 6.07) is 7.71. The highest BCUT2D eigenvalue weighted by molar-refractivity contribution is 5.87. The van der Waals surface area contributed by atoms with E-state index in [-0.39, 0.29) is 0 Å². The summed E-state index contributed by atoms with van der Waals surface area (Å²) in [7, 11) is 0. The van der Waals surface area contributed by atoms with Crippen LogP contribution in [0, 0.1) is 5.92 Å². The van der Waals surface area contributed by atoms with E-state index in [0.717, 1.165) is 17.3 Å². The molecule has 4 N–H and O–H groups in total. The molecule has 4 nitrogen and oxygen atoms in total. The number of carbonyl (C=O) groups is 1. The first-order valence-corrected chi connectivity index (χ1v) is 6.58. The lowest BCUT2D eigenvalue weighted by Gasteiger charge is -2.30. The summed E-state index contributed by atoms with van der Waals surface area (Å²) in [5.41, 5.74) is 6.89. The van der Waals surface area contributed by atoms with E-state index in [2.05, 4.69) is 17.6 Å². The van der Waals surface area contributed by atoms with E-state index >= 15 is 0 Å². The summed E-state index contributed by atoms with van der Waals surface area (Å²) < 4.78 is 0. The molecule has 4 heteroatoms. The summed E-state index contributed by atoms with van der Waals surface area (Å²) in [5, 5.41) is 6.12. The molecule has 0 radical (unpaired) electrons. The third kappa shape index (κ3) is 3.39. The van der Waals surface area contributed by atoms with Gasteiger partial charge < -0.3 is 16.4 Å². The Balaban J connectivity index is 1.95. The number of primary amides is 1. The monoisotopic (exact) mass is 247 g/mol. The number of nitrogens with two attached hydrogens (primary N) is 1. The van der Waals surface area contributed by atoms with Crippen LogP contribution in [-0.4, -0.2) is 12.1 Å². The Hall–Kier alpha value is -1.71. The molecule has 0 aliphatic heterocycles. The molecule has 0 aromatic heterocycles. The summed E-state index contributed by atoms with van der Waals surface area (Å²) in [6.45, 7) is 2.31. The number of carbonyl (C=O) groups excluding carboxylic acids is 1. The first-order chi connectivity index (χ1) is 8.65. The molecule has 2 rings (SSSR count). The van der Waals surface area contributed by atoms with E-state index in [1.807, 2.05) is 24.3 Å². The molecule has 0 spiro atoms. The highest BCUT2D eigenvalue weighted by atomic mass is 16.2. The minimum absolute atomic E-state index is 0.531. The van der Waals surface area contributed by atoms with Crippen molar-refractivity contribution in [2.24, 2.45) is 11.7 Å². The minimum Gasteiger partial charge on any atom is -0.382 e. The summed E-state index contributed by atoms with van der Waals surface area (Å²) >= 11 is 0. The fraction of sp³-hybridized carbons (Fsp3) is 0.500. The van der Waals surface area contributed by atoms with Crippen LogP contribution in [0.1, 0.15) is 32.6 Å². The lowest BCUT2D eigenvalue weighted by Crippen LogP contribution is -2.30. The van der Waals surface area contributed by atoms with Crippen LogP contribution in [0.15, 0.2) is 24.3 Å². The number of anilines is 2. The molecule has 0 bridgehead atoms. The predicted octanol–water partition coefficient (Wildman–Crippen LogP) is 3.17. The molecule has 0 saturated heterocycles. The van der Waals surface area contributed by atoms with Crippen molar-refractivity contribution < 1.29 is 4.79 Å². The molecule has 2 amide bonds. The lowest BCUT2D eigenvalue weighted by atomic mass is 9.86. The molecule has 1 aliphatic rings. The van der Waals surface area contributed by atoms with Gasteiger partial charge in [0.1, 0.15) is 0 Å². The van der Waals surface area contributed by atoms with Crippen molar-refractivity contribution in [3.05, 3.63) is 24.3 Å². The van der Waals surface area contributed by atoms with E-state index in [0.29, 0.717) is 6.04 Å². The molecular formula is C14H21N3O. The largest absolute Gasteiger partial charge is 0.382 e. The number of nitrogens with one attached hydrogen (secondary N) is 2. The first kappa shape index (κ1) is 12.7. The third-order valence-electron chi connectivity index (χ3n) is 3.62. The van der Waals surface area contributed by atoms with Gasteiger partial charge in [0.15, 0.2) is 0 Å². The van der Waals surface area contributed by atoms with E-state index in [1.165, 1.54) is 25.7 Å². The van der Waals surface area contributed by atoms with Gasteiger partial charge in [-0.15, -0.1) is 0 Å². The maximum absolute atomic E-state index is 10.7. The Morgan fingerprint density at radius 1 is 1.17 bits per heavy atom. The molecule has 2 unspecified atom stereocenters. The summed E-state index contributed by atoms with van der Waals surface area (Å²) in [4.78, 5) is 10.7. The highest BCUT2D eigenvalue weighted by Crippen LogP contribution is 2.27. The first-order valence-electron chi connectivity index (χ1n) is 6.58. The van der Waals surface area contributed by atoms with Gasteiger partial charge in [0.25, 0.3) is 0 Å². The number of hydrogen-bond acceptors (Lipinski definition) is 2. The van der Waals surface area contributed by atoms with Gasteiger partial charge in [-0.3, -0.25) is 0 Å². The average Bonchev–Trinajstić information content (AvgIpc) is 2.34. The number of hydrogen-bond donors (Lipinski definition) is 3.